The zero-order valence-corrected chi connectivity index (χ0v) is 13.4. The van der Waals surface area contributed by atoms with Gasteiger partial charge < -0.3 is 14.6 Å². The van der Waals surface area contributed by atoms with Crippen molar-refractivity contribution in [3.63, 3.8) is 0 Å². The Hall–Kier alpha value is -2.53. The molecule has 0 aliphatic carbocycles. The third kappa shape index (κ3) is 3.81. The molecule has 0 saturated heterocycles. The molecule has 0 aliphatic rings. The lowest BCUT2D eigenvalue weighted by atomic mass is 10.0. The molecule has 0 spiro atoms. The second-order valence-corrected chi connectivity index (χ2v) is 5.19. The monoisotopic (exact) mass is 334 g/mol. The summed E-state index contributed by atoms with van der Waals surface area (Å²) >= 11 is 5.81. The summed E-state index contributed by atoms with van der Waals surface area (Å²) in [4.78, 5) is 24.4. The van der Waals surface area contributed by atoms with Gasteiger partial charge in [0.2, 0.25) is 0 Å². The number of phenolic OH excluding ortho intramolecular Hbond substituents is 1. The van der Waals surface area contributed by atoms with Crippen molar-refractivity contribution in [2.45, 2.75) is 6.42 Å². The summed E-state index contributed by atoms with van der Waals surface area (Å²) < 4.78 is 10.2. The number of ketones is 2. The fraction of sp³-hybridized carbons (Fsp3) is 0.176. The molecule has 0 bridgehead atoms. The van der Waals surface area contributed by atoms with Crippen molar-refractivity contribution >= 4 is 23.2 Å². The molecule has 6 heteroatoms. The Kier molecular flexibility index (Phi) is 5.24. The molecule has 120 valence electrons. The summed E-state index contributed by atoms with van der Waals surface area (Å²) in [5, 5.41) is 10.0. The van der Waals surface area contributed by atoms with Crippen molar-refractivity contribution in [1.29, 1.82) is 0 Å². The average Bonchev–Trinajstić information content (AvgIpc) is 2.56. The zero-order chi connectivity index (χ0) is 17.0. The molecule has 0 saturated carbocycles. The molecule has 0 aromatic heterocycles. The lowest BCUT2D eigenvalue weighted by molar-refractivity contribution is 0.0893. The minimum absolute atomic E-state index is 0.0197. The number of rotatable bonds is 6. The summed E-state index contributed by atoms with van der Waals surface area (Å²) in [6, 6.07) is 8.76. The van der Waals surface area contributed by atoms with Crippen molar-refractivity contribution < 1.29 is 24.2 Å². The molecule has 2 rings (SSSR count). The maximum atomic E-state index is 12.3. The first-order valence-corrected chi connectivity index (χ1v) is 7.11. The fourth-order valence-electron chi connectivity index (χ4n) is 2.08. The van der Waals surface area contributed by atoms with Crippen LogP contribution in [-0.4, -0.2) is 30.9 Å². The Morgan fingerprint density at radius 1 is 1.00 bits per heavy atom. The molecule has 0 unspecified atom stereocenters. The third-order valence-electron chi connectivity index (χ3n) is 3.29. The highest BCUT2D eigenvalue weighted by molar-refractivity contribution is 6.31. The number of ether oxygens (including phenoxy) is 2. The van der Waals surface area contributed by atoms with Gasteiger partial charge in [-0.1, -0.05) is 11.6 Å². The predicted octanol–water partition coefficient (Wildman–Crippen LogP) is 3.52. The number of hydrogen-bond acceptors (Lipinski definition) is 5. The number of hydrogen-bond donors (Lipinski definition) is 1. The Morgan fingerprint density at radius 2 is 1.70 bits per heavy atom. The van der Waals surface area contributed by atoms with Gasteiger partial charge in [0.1, 0.15) is 5.75 Å². The maximum absolute atomic E-state index is 12.3. The number of Topliss-reactive ketones (excluding diaryl/α,β-unsaturated/α-hetero) is 2. The van der Waals surface area contributed by atoms with Crippen LogP contribution in [0.25, 0.3) is 0 Å². The summed E-state index contributed by atoms with van der Waals surface area (Å²) in [7, 11) is 2.95. The first-order valence-electron chi connectivity index (χ1n) is 6.73. The van der Waals surface area contributed by atoms with Crippen LogP contribution in [0.2, 0.25) is 5.02 Å². The van der Waals surface area contributed by atoms with E-state index < -0.39 is 11.6 Å². The molecular weight excluding hydrogens is 320 g/mol. The molecule has 2 aromatic carbocycles. The van der Waals surface area contributed by atoms with E-state index in [0.717, 1.165) is 0 Å². The van der Waals surface area contributed by atoms with Gasteiger partial charge in [0.15, 0.2) is 23.1 Å². The van der Waals surface area contributed by atoms with E-state index in [4.69, 9.17) is 21.1 Å². The Morgan fingerprint density at radius 3 is 2.35 bits per heavy atom. The van der Waals surface area contributed by atoms with Gasteiger partial charge in [0.05, 0.1) is 26.2 Å². The Balaban J connectivity index is 2.21. The Labute approximate surface area is 138 Å². The lowest BCUT2D eigenvalue weighted by Gasteiger charge is -2.09. The zero-order valence-electron chi connectivity index (χ0n) is 12.6. The quantitative estimate of drug-likeness (QED) is 0.646. The molecule has 0 radical (unpaired) electrons. The number of carbonyl (C=O) groups excluding carboxylic acids is 2. The smallest absolute Gasteiger partial charge is 0.174 e. The molecule has 1 N–H and O–H groups in total. The number of aromatic hydroxyl groups is 1. The topological polar surface area (TPSA) is 72.8 Å². The van der Waals surface area contributed by atoms with Gasteiger partial charge in [-0.3, -0.25) is 9.59 Å². The van der Waals surface area contributed by atoms with Gasteiger partial charge in [-0.15, -0.1) is 0 Å². The standard InChI is InChI=1S/C17H15ClO5/c1-22-16-6-3-10(7-17(16)23-2)14(20)9-15(21)12-8-11(18)4-5-13(12)19/h3-8,19H,9H2,1-2H3. The second-order valence-electron chi connectivity index (χ2n) is 4.75. The number of carbonyl (C=O) groups is 2. The number of phenols is 1. The van der Waals surface area contributed by atoms with Crippen LogP contribution in [0.3, 0.4) is 0 Å². The first kappa shape index (κ1) is 16.8. The van der Waals surface area contributed by atoms with E-state index in [-0.39, 0.29) is 17.7 Å². The van der Waals surface area contributed by atoms with E-state index in [1.165, 1.54) is 38.5 Å². The molecule has 0 fully saturated rings. The van der Waals surface area contributed by atoms with Gasteiger partial charge in [0.25, 0.3) is 0 Å². The van der Waals surface area contributed by atoms with Crippen molar-refractivity contribution in [2.24, 2.45) is 0 Å². The summed E-state index contributed by atoms with van der Waals surface area (Å²) in [5.41, 5.74) is 0.337. The van der Waals surface area contributed by atoms with Gasteiger partial charge in [-0.05, 0) is 36.4 Å². The predicted molar refractivity (Wildman–Crippen MR) is 85.9 cm³/mol. The normalized spacial score (nSPS) is 10.2. The summed E-state index contributed by atoms with van der Waals surface area (Å²) in [6.07, 6.45) is -0.386. The average molecular weight is 335 g/mol. The SMILES string of the molecule is COc1ccc(C(=O)CC(=O)c2cc(Cl)ccc2O)cc1OC. The van der Waals surface area contributed by atoms with Crippen molar-refractivity contribution in [3.05, 3.63) is 52.5 Å². The van der Waals surface area contributed by atoms with Crippen LogP contribution in [0, 0.1) is 0 Å². The van der Waals surface area contributed by atoms with Crippen LogP contribution in [-0.2, 0) is 0 Å². The van der Waals surface area contributed by atoms with Gasteiger partial charge in [-0.2, -0.15) is 0 Å². The van der Waals surface area contributed by atoms with Crippen LogP contribution in [0.15, 0.2) is 36.4 Å². The van der Waals surface area contributed by atoms with Gasteiger partial charge in [0, 0.05) is 10.6 Å². The molecule has 2 aromatic rings. The molecule has 23 heavy (non-hydrogen) atoms. The minimum atomic E-state index is -0.509. The first-order chi connectivity index (χ1) is 11.0. The van der Waals surface area contributed by atoms with E-state index in [1.807, 2.05) is 0 Å². The van der Waals surface area contributed by atoms with E-state index in [1.54, 1.807) is 12.1 Å². The fourth-order valence-corrected chi connectivity index (χ4v) is 2.26. The highest BCUT2D eigenvalue weighted by atomic mass is 35.5. The van der Waals surface area contributed by atoms with Crippen LogP contribution in [0.1, 0.15) is 27.1 Å². The summed E-state index contributed by atoms with van der Waals surface area (Å²) in [5.74, 6) is -0.223. The van der Waals surface area contributed by atoms with E-state index in [2.05, 4.69) is 0 Å². The van der Waals surface area contributed by atoms with Crippen molar-refractivity contribution in [3.8, 4) is 17.2 Å². The van der Waals surface area contributed by atoms with Crippen molar-refractivity contribution in [1.82, 2.24) is 0 Å². The van der Waals surface area contributed by atoms with Crippen LogP contribution in [0.5, 0.6) is 17.2 Å². The largest absolute Gasteiger partial charge is 0.507 e. The highest BCUT2D eigenvalue weighted by Crippen LogP contribution is 2.29. The van der Waals surface area contributed by atoms with Gasteiger partial charge >= 0.3 is 0 Å². The number of benzene rings is 2. The highest BCUT2D eigenvalue weighted by Gasteiger charge is 2.18. The van der Waals surface area contributed by atoms with Crippen LogP contribution < -0.4 is 9.47 Å². The third-order valence-corrected chi connectivity index (χ3v) is 3.52. The molecule has 0 heterocycles. The lowest BCUT2D eigenvalue weighted by Crippen LogP contribution is -2.09. The van der Waals surface area contributed by atoms with Crippen LogP contribution in [0.4, 0.5) is 0 Å². The number of halogens is 1. The van der Waals surface area contributed by atoms with Crippen LogP contribution >= 0.6 is 11.6 Å². The minimum Gasteiger partial charge on any atom is -0.507 e. The molecule has 0 atom stereocenters. The molecule has 0 amide bonds. The number of methoxy groups -OCH3 is 2. The molecule has 0 aliphatic heterocycles. The molecule has 5 nitrogen and oxygen atoms in total. The maximum Gasteiger partial charge on any atom is 0.174 e. The van der Waals surface area contributed by atoms with E-state index >= 15 is 0 Å². The Bertz CT molecular complexity index is 755. The molecular formula is C17H15ClO5. The van der Waals surface area contributed by atoms with Crippen molar-refractivity contribution in [2.75, 3.05) is 14.2 Å². The van der Waals surface area contributed by atoms with Gasteiger partial charge in [-0.25, -0.2) is 0 Å². The second kappa shape index (κ2) is 7.15. The van der Waals surface area contributed by atoms with E-state index in [9.17, 15) is 14.7 Å². The summed E-state index contributed by atoms with van der Waals surface area (Å²) in [6.45, 7) is 0. The van der Waals surface area contributed by atoms with E-state index in [0.29, 0.717) is 22.1 Å².